The van der Waals surface area contributed by atoms with E-state index in [1.54, 1.807) is 0 Å². The van der Waals surface area contributed by atoms with Gasteiger partial charge in [0.05, 0.1) is 15.6 Å². The topological polar surface area (TPSA) is 29.1 Å². The van der Waals surface area contributed by atoms with Gasteiger partial charge in [0.1, 0.15) is 5.82 Å². The summed E-state index contributed by atoms with van der Waals surface area (Å²) in [5.41, 5.74) is -0.272. The molecular formula is C12H14Cl2FNO. The predicted molar refractivity (Wildman–Crippen MR) is 68.3 cm³/mol. The number of hydrogen-bond acceptors (Lipinski definition) is 1. The van der Waals surface area contributed by atoms with E-state index in [9.17, 15) is 9.18 Å². The van der Waals surface area contributed by atoms with E-state index in [4.69, 9.17) is 23.2 Å². The van der Waals surface area contributed by atoms with E-state index in [0.29, 0.717) is 0 Å². The minimum Gasteiger partial charge on any atom is -0.347 e. The molecule has 0 unspecified atom stereocenters. The molecule has 5 heteroatoms. The summed E-state index contributed by atoms with van der Waals surface area (Å²) < 4.78 is 13.3. The third-order valence-electron chi connectivity index (χ3n) is 2.59. The fourth-order valence-corrected chi connectivity index (χ4v) is 1.63. The van der Waals surface area contributed by atoms with Crippen molar-refractivity contribution < 1.29 is 9.18 Å². The molecule has 0 heterocycles. The van der Waals surface area contributed by atoms with E-state index in [0.717, 1.165) is 12.5 Å². The molecule has 94 valence electrons. The predicted octanol–water partition coefficient (Wildman–Crippen LogP) is 4.05. The second kappa shape index (κ2) is 5.23. The van der Waals surface area contributed by atoms with Crippen LogP contribution in [0.5, 0.6) is 0 Å². The zero-order valence-corrected chi connectivity index (χ0v) is 11.4. The first-order valence-corrected chi connectivity index (χ1v) is 5.99. The SMILES string of the molecule is CCC(C)(C)NC(=O)c1cc(F)c(Cl)cc1Cl. The molecule has 1 aromatic rings. The molecule has 0 radical (unpaired) electrons. The van der Waals surface area contributed by atoms with Gasteiger partial charge in [-0.05, 0) is 32.4 Å². The lowest BCUT2D eigenvalue weighted by molar-refractivity contribution is 0.0911. The first-order valence-electron chi connectivity index (χ1n) is 5.24. The molecule has 0 atom stereocenters. The zero-order chi connectivity index (χ0) is 13.2. The van der Waals surface area contributed by atoms with Gasteiger partial charge in [-0.1, -0.05) is 30.1 Å². The van der Waals surface area contributed by atoms with E-state index in [-0.39, 0.29) is 21.1 Å². The molecule has 0 fully saturated rings. The van der Waals surface area contributed by atoms with Crippen molar-refractivity contribution in [3.05, 3.63) is 33.6 Å². The van der Waals surface area contributed by atoms with Crippen molar-refractivity contribution in [2.24, 2.45) is 0 Å². The van der Waals surface area contributed by atoms with Crippen LogP contribution in [-0.2, 0) is 0 Å². The molecule has 2 nitrogen and oxygen atoms in total. The summed E-state index contributed by atoms with van der Waals surface area (Å²) >= 11 is 11.4. The fraction of sp³-hybridized carbons (Fsp3) is 0.417. The van der Waals surface area contributed by atoms with Gasteiger partial charge >= 0.3 is 0 Å². The van der Waals surface area contributed by atoms with Crippen LogP contribution in [-0.4, -0.2) is 11.4 Å². The van der Waals surface area contributed by atoms with Crippen LogP contribution in [0.3, 0.4) is 0 Å². The molecule has 0 bridgehead atoms. The van der Waals surface area contributed by atoms with Gasteiger partial charge in [0.25, 0.3) is 5.91 Å². The number of nitrogens with one attached hydrogen (secondary N) is 1. The molecule has 0 saturated heterocycles. The third-order valence-corrected chi connectivity index (χ3v) is 3.19. The van der Waals surface area contributed by atoms with Gasteiger partial charge in [-0.15, -0.1) is 0 Å². The Morgan fingerprint density at radius 1 is 1.35 bits per heavy atom. The monoisotopic (exact) mass is 277 g/mol. The van der Waals surface area contributed by atoms with Gasteiger partial charge in [0, 0.05) is 5.54 Å². The highest BCUT2D eigenvalue weighted by atomic mass is 35.5. The molecule has 0 spiro atoms. The Morgan fingerprint density at radius 3 is 2.47 bits per heavy atom. The highest BCUT2D eigenvalue weighted by Crippen LogP contribution is 2.24. The summed E-state index contributed by atoms with van der Waals surface area (Å²) in [5.74, 6) is -1.06. The Labute approximate surface area is 110 Å². The van der Waals surface area contributed by atoms with Gasteiger partial charge in [-0.25, -0.2) is 4.39 Å². The highest BCUT2D eigenvalue weighted by Gasteiger charge is 2.21. The van der Waals surface area contributed by atoms with Crippen LogP contribution in [0.25, 0.3) is 0 Å². The molecule has 0 aliphatic rings. The van der Waals surface area contributed by atoms with E-state index in [1.165, 1.54) is 6.07 Å². The summed E-state index contributed by atoms with van der Waals surface area (Å²) in [6.45, 7) is 5.71. The minimum atomic E-state index is -0.657. The maximum absolute atomic E-state index is 13.3. The number of halogens is 3. The smallest absolute Gasteiger partial charge is 0.253 e. The first kappa shape index (κ1) is 14.3. The fourth-order valence-electron chi connectivity index (χ4n) is 1.16. The highest BCUT2D eigenvalue weighted by molar-refractivity contribution is 6.36. The Bertz CT molecular complexity index is 446. The standard InChI is InChI=1S/C12H14Cl2FNO/c1-4-12(2,3)16-11(17)7-5-10(15)9(14)6-8(7)13/h5-6H,4H2,1-3H3,(H,16,17). The Morgan fingerprint density at radius 2 is 1.94 bits per heavy atom. The number of rotatable bonds is 3. The minimum absolute atomic E-state index is 0.0927. The van der Waals surface area contributed by atoms with Crippen LogP contribution >= 0.6 is 23.2 Å². The van der Waals surface area contributed by atoms with Crippen molar-refractivity contribution in [2.75, 3.05) is 0 Å². The normalized spacial score (nSPS) is 11.4. The maximum atomic E-state index is 13.3. The van der Waals surface area contributed by atoms with Crippen molar-refractivity contribution in [2.45, 2.75) is 32.7 Å². The average molecular weight is 278 g/mol. The molecule has 1 amide bonds. The molecule has 0 aromatic heterocycles. The first-order chi connectivity index (χ1) is 7.76. The summed E-state index contributed by atoms with van der Waals surface area (Å²) in [6.07, 6.45) is 0.756. The number of carbonyl (C=O) groups is 1. The summed E-state index contributed by atoms with van der Waals surface area (Å²) in [6, 6.07) is 2.28. The average Bonchev–Trinajstić information content (AvgIpc) is 2.22. The number of hydrogen-bond donors (Lipinski definition) is 1. The van der Waals surface area contributed by atoms with Crippen LogP contribution in [0.2, 0.25) is 10.0 Å². The second-order valence-corrected chi connectivity index (χ2v) is 5.25. The number of carbonyl (C=O) groups excluding carboxylic acids is 1. The lowest BCUT2D eigenvalue weighted by Gasteiger charge is -2.24. The van der Waals surface area contributed by atoms with Crippen LogP contribution < -0.4 is 5.32 Å². The molecule has 0 saturated carbocycles. The summed E-state index contributed by atoms with van der Waals surface area (Å²) in [4.78, 5) is 11.9. The van der Waals surface area contributed by atoms with Gasteiger partial charge in [-0.3, -0.25) is 4.79 Å². The van der Waals surface area contributed by atoms with Crippen LogP contribution in [0.1, 0.15) is 37.6 Å². The van der Waals surface area contributed by atoms with Gasteiger partial charge < -0.3 is 5.32 Å². The lowest BCUT2D eigenvalue weighted by atomic mass is 10.0. The molecule has 1 rings (SSSR count). The molecule has 1 aromatic carbocycles. The number of amides is 1. The molecule has 17 heavy (non-hydrogen) atoms. The van der Waals surface area contributed by atoms with Crippen LogP contribution in [0, 0.1) is 5.82 Å². The lowest BCUT2D eigenvalue weighted by Crippen LogP contribution is -2.42. The quantitative estimate of drug-likeness (QED) is 0.830. The maximum Gasteiger partial charge on any atom is 0.253 e. The Kier molecular flexibility index (Phi) is 4.39. The summed E-state index contributed by atoms with van der Waals surface area (Å²) in [5, 5.41) is 2.82. The second-order valence-electron chi connectivity index (χ2n) is 4.44. The van der Waals surface area contributed by atoms with Crippen molar-refractivity contribution >= 4 is 29.1 Å². The third kappa shape index (κ3) is 3.58. The van der Waals surface area contributed by atoms with E-state index in [2.05, 4.69) is 5.32 Å². The summed E-state index contributed by atoms with van der Waals surface area (Å²) in [7, 11) is 0. The van der Waals surface area contributed by atoms with Crippen molar-refractivity contribution in [1.29, 1.82) is 0 Å². The Hall–Kier alpha value is -0.800. The molecule has 0 aliphatic heterocycles. The van der Waals surface area contributed by atoms with Crippen LogP contribution in [0.15, 0.2) is 12.1 Å². The molecule has 0 aliphatic carbocycles. The van der Waals surface area contributed by atoms with Gasteiger partial charge in [0.2, 0.25) is 0 Å². The van der Waals surface area contributed by atoms with Gasteiger partial charge in [0.15, 0.2) is 0 Å². The largest absolute Gasteiger partial charge is 0.347 e. The van der Waals surface area contributed by atoms with Crippen molar-refractivity contribution in [3.8, 4) is 0 Å². The van der Waals surface area contributed by atoms with Crippen LogP contribution in [0.4, 0.5) is 4.39 Å². The Balaban J connectivity index is 3.01. The molecule has 1 N–H and O–H groups in total. The van der Waals surface area contributed by atoms with Crippen molar-refractivity contribution in [3.63, 3.8) is 0 Å². The van der Waals surface area contributed by atoms with E-state index < -0.39 is 11.7 Å². The number of benzene rings is 1. The molecular weight excluding hydrogens is 264 g/mol. The van der Waals surface area contributed by atoms with E-state index in [1.807, 2.05) is 20.8 Å². The van der Waals surface area contributed by atoms with Gasteiger partial charge in [-0.2, -0.15) is 0 Å². The van der Waals surface area contributed by atoms with Crippen molar-refractivity contribution in [1.82, 2.24) is 5.32 Å². The zero-order valence-electron chi connectivity index (χ0n) is 9.90. The van der Waals surface area contributed by atoms with E-state index >= 15 is 0 Å².